The van der Waals surface area contributed by atoms with E-state index in [1.165, 1.54) is 38.6 Å². The van der Waals surface area contributed by atoms with E-state index in [1.807, 2.05) is 0 Å². The first-order chi connectivity index (χ1) is 20.8. The largest absolute Gasteiger partial charge is 0.484 e. The number of hydrogen-bond donors (Lipinski definition) is 0. The molecule has 2 nitrogen and oxygen atoms in total. The number of benzene rings is 6. The lowest BCUT2D eigenvalue weighted by molar-refractivity contribution is 0.279. The Balaban J connectivity index is 1.34. The predicted molar refractivity (Wildman–Crippen MR) is 171 cm³/mol. The lowest BCUT2D eigenvalue weighted by Crippen LogP contribution is -2.37. The van der Waals surface area contributed by atoms with Crippen molar-refractivity contribution in [3.8, 4) is 28.0 Å². The molecular formula is C40H26O2. The monoisotopic (exact) mass is 538 g/mol. The van der Waals surface area contributed by atoms with Gasteiger partial charge < -0.3 is 9.15 Å². The molecule has 0 bridgehead atoms. The Morgan fingerprint density at radius 1 is 0.524 bits per heavy atom. The zero-order valence-electron chi connectivity index (χ0n) is 22.8. The molecule has 9 rings (SSSR count). The summed E-state index contributed by atoms with van der Waals surface area (Å²) in [7, 11) is 0. The molecule has 0 radical (unpaired) electrons. The molecule has 2 aliphatic rings. The normalized spacial score (nSPS) is 16.9. The Kier molecular flexibility index (Phi) is 5.06. The summed E-state index contributed by atoms with van der Waals surface area (Å²) < 4.78 is 13.6. The van der Waals surface area contributed by atoms with Gasteiger partial charge in [0.15, 0.2) is 0 Å². The van der Waals surface area contributed by atoms with Crippen molar-refractivity contribution in [1.82, 2.24) is 0 Å². The molecule has 0 spiro atoms. The van der Waals surface area contributed by atoms with Crippen molar-refractivity contribution in [2.45, 2.75) is 12.0 Å². The maximum absolute atomic E-state index is 6.84. The third kappa shape index (κ3) is 3.52. The van der Waals surface area contributed by atoms with Crippen LogP contribution in [0.25, 0.3) is 55.6 Å². The van der Waals surface area contributed by atoms with E-state index in [0.29, 0.717) is 0 Å². The smallest absolute Gasteiger partial charge is 0.142 e. The summed E-state index contributed by atoms with van der Waals surface area (Å²) in [5, 5.41) is 4.69. The third-order valence-corrected chi connectivity index (χ3v) is 8.84. The second kappa shape index (κ2) is 9.09. The van der Waals surface area contributed by atoms with E-state index >= 15 is 0 Å². The van der Waals surface area contributed by atoms with Crippen molar-refractivity contribution in [1.29, 1.82) is 0 Å². The van der Waals surface area contributed by atoms with Crippen LogP contribution in [-0.2, 0) is 0 Å². The summed E-state index contributed by atoms with van der Waals surface area (Å²) in [5.74, 6) is 1.00. The molecule has 0 saturated heterocycles. The average molecular weight is 539 g/mol. The lowest BCUT2D eigenvalue weighted by atomic mass is 9.82. The Bertz CT molecular complexity index is 2270. The zero-order valence-corrected chi connectivity index (χ0v) is 22.8. The van der Waals surface area contributed by atoms with Gasteiger partial charge in [-0.2, -0.15) is 0 Å². The first-order valence-electron chi connectivity index (χ1n) is 14.5. The summed E-state index contributed by atoms with van der Waals surface area (Å²) in [6, 6.07) is 49.4. The minimum Gasteiger partial charge on any atom is -0.484 e. The summed E-state index contributed by atoms with van der Waals surface area (Å²) in [4.78, 5) is 0. The van der Waals surface area contributed by atoms with E-state index in [-0.39, 0.29) is 12.0 Å². The molecule has 0 fully saturated rings. The summed E-state index contributed by atoms with van der Waals surface area (Å²) in [6.45, 7) is 0. The van der Waals surface area contributed by atoms with Gasteiger partial charge in [-0.3, -0.25) is 0 Å². The topological polar surface area (TPSA) is 22.4 Å². The fourth-order valence-electron chi connectivity index (χ4n) is 6.85. The van der Waals surface area contributed by atoms with Gasteiger partial charge in [0.1, 0.15) is 22.9 Å². The lowest BCUT2D eigenvalue weighted by Gasteiger charge is -2.23. The first kappa shape index (κ1) is 23.4. The number of rotatable bonds is 3. The quantitative estimate of drug-likeness (QED) is 0.225. The summed E-state index contributed by atoms with van der Waals surface area (Å²) in [6.07, 6.45) is 2.20. The van der Waals surface area contributed by atoms with Crippen molar-refractivity contribution in [3.63, 3.8) is 0 Å². The van der Waals surface area contributed by atoms with E-state index < -0.39 is 0 Å². The van der Waals surface area contributed by atoms with Gasteiger partial charge in [-0.1, -0.05) is 121 Å². The Morgan fingerprint density at radius 2 is 1.21 bits per heavy atom. The molecular weight excluding hydrogens is 512 g/mol. The van der Waals surface area contributed by atoms with Gasteiger partial charge in [0, 0.05) is 27.7 Å². The standard InChI is InChI=1S/C40H26O2/c1-3-10-25(11-4-1)28-18-20-36-32(22-28)34-24-35-33-23-29(26-12-5-2-6-13-26)19-21-37(33)42-40(35)38(39(34)41-36)31-17-9-15-27-14-7-8-16-30(27)31/h1-24,34,39H. The molecule has 7 aromatic rings. The predicted octanol–water partition coefficient (Wildman–Crippen LogP) is 8.46. The molecule has 0 amide bonds. The van der Waals surface area contributed by atoms with Crippen LogP contribution in [0, 0.1) is 0 Å². The highest BCUT2D eigenvalue weighted by Crippen LogP contribution is 2.47. The number of ether oxygens (including phenoxy) is 1. The van der Waals surface area contributed by atoms with Crippen molar-refractivity contribution in [2.24, 2.45) is 0 Å². The van der Waals surface area contributed by atoms with Crippen LogP contribution in [0.4, 0.5) is 0 Å². The van der Waals surface area contributed by atoms with E-state index in [4.69, 9.17) is 9.15 Å². The van der Waals surface area contributed by atoms with E-state index in [1.54, 1.807) is 0 Å². The fraction of sp³-hybridized carbons (Fsp3) is 0.0500. The fourth-order valence-corrected chi connectivity index (χ4v) is 6.85. The van der Waals surface area contributed by atoms with Crippen LogP contribution in [0.15, 0.2) is 144 Å². The van der Waals surface area contributed by atoms with Gasteiger partial charge in [0.05, 0.1) is 0 Å². The third-order valence-electron chi connectivity index (χ3n) is 8.84. The Labute approximate surface area is 243 Å². The second-order valence-corrected chi connectivity index (χ2v) is 11.2. The van der Waals surface area contributed by atoms with Gasteiger partial charge >= 0.3 is 0 Å². The van der Waals surface area contributed by atoms with Crippen LogP contribution in [0.2, 0.25) is 0 Å². The van der Waals surface area contributed by atoms with Crippen LogP contribution in [0.1, 0.15) is 17.0 Å². The number of hydrogen-bond acceptors (Lipinski definition) is 2. The molecule has 6 aromatic carbocycles. The van der Waals surface area contributed by atoms with Gasteiger partial charge in [0.25, 0.3) is 0 Å². The molecule has 1 aromatic heterocycles. The second-order valence-electron chi connectivity index (χ2n) is 11.2. The number of furan rings is 1. The van der Waals surface area contributed by atoms with Gasteiger partial charge in [-0.05, 0) is 62.9 Å². The SMILES string of the molecule is C1=c2c(oc3ccc(-c4ccccc4)cc23)=C(c2cccc3ccccc23)C2Oc3ccc(-c4ccccc4)cc3C12. The zero-order chi connectivity index (χ0) is 27.6. The molecule has 0 saturated carbocycles. The molecule has 2 atom stereocenters. The van der Waals surface area contributed by atoms with Crippen molar-refractivity contribution < 1.29 is 9.15 Å². The van der Waals surface area contributed by atoms with Gasteiger partial charge in [-0.15, -0.1) is 0 Å². The van der Waals surface area contributed by atoms with E-state index in [2.05, 4.69) is 146 Å². The molecule has 198 valence electrons. The van der Waals surface area contributed by atoms with Crippen LogP contribution in [-0.4, -0.2) is 6.10 Å². The van der Waals surface area contributed by atoms with E-state index in [0.717, 1.165) is 38.5 Å². The van der Waals surface area contributed by atoms with Crippen molar-refractivity contribution in [2.75, 3.05) is 0 Å². The van der Waals surface area contributed by atoms with Gasteiger partial charge in [0.2, 0.25) is 0 Å². The summed E-state index contributed by atoms with van der Waals surface area (Å²) >= 11 is 0. The maximum Gasteiger partial charge on any atom is 0.142 e. The average Bonchev–Trinajstić information content (AvgIpc) is 3.61. The highest BCUT2D eigenvalue weighted by Gasteiger charge is 2.40. The first-order valence-corrected chi connectivity index (χ1v) is 14.5. The van der Waals surface area contributed by atoms with Crippen molar-refractivity contribution >= 4 is 33.4 Å². The maximum atomic E-state index is 6.84. The van der Waals surface area contributed by atoms with Crippen LogP contribution >= 0.6 is 0 Å². The van der Waals surface area contributed by atoms with Crippen LogP contribution in [0.3, 0.4) is 0 Å². The summed E-state index contributed by atoms with van der Waals surface area (Å²) in [5.41, 5.74) is 10.1. The molecule has 42 heavy (non-hydrogen) atoms. The Morgan fingerprint density at radius 3 is 2.02 bits per heavy atom. The van der Waals surface area contributed by atoms with Gasteiger partial charge in [-0.25, -0.2) is 0 Å². The number of fused-ring (bicyclic) bond motifs is 7. The molecule has 1 aliphatic heterocycles. The van der Waals surface area contributed by atoms with Crippen LogP contribution < -0.4 is 15.4 Å². The molecule has 0 N–H and O–H groups in total. The van der Waals surface area contributed by atoms with E-state index in [9.17, 15) is 0 Å². The highest BCUT2D eigenvalue weighted by atomic mass is 16.5. The molecule has 2 heterocycles. The van der Waals surface area contributed by atoms with Crippen molar-refractivity contribution in [3.05, 3.63) is 161 Å². The van der Waals surface area contributed by atoms with Crippen LogP contribution in [0.5, 0.6) is 5.75 Å². The minimum atomic E-state index is -0.182. The molecule has 2 heteroatoms. The Hall–Kier alpha value is -5.34. The highest BCUT2D eigenvalue weighted by molar-refractivity contribution is 5.97. The minimum absolute atomic E-state index is 0.0614. The molecule has 2 unspecified atom stereocenters. The molecule has 1 aliphatic carbocycles.